The highest BCUT2D eigenvalue weighted by Crippen LogP contribution is 2.38. The van der Waals surface area contributed by atoms with Gasteiger partial charge in [0.25, 0.3) is 11.9 Å². The molecule has 7 heteroatoms. The number of hydrogen-bond donors (Lipinski definition) is 2. The van der Waals surface area contributed by atoms with Crippen molar-refractivity contribution in [1.29, 1.82) is 0 Å². The zero-order chi connectivity index (χ0) is 23.3. The van der Waals surface area contributed by atoms with E-state index in [9.17, 15) is 4.79 Å². The molecule has 1 aliphatic heterocycles. The van der Waals surface area contributed by atoms with Gasteiger partial charge in [0.1, 0.15) is 5.75 Å². The number of nitrogens with zero attached hydrogens (tertiary/aromatic N) is 3. The van der Waals surface area contributed by atoms with E-state index in [0.29, 0.717) is 11.7 Å². The summed E-state index contributed by atoms with van der Waals surface area (Å²) >= 11 is 0. The molecule has 0 unspecified atom stereocenters. The van der Waals surface area contributed by atoms with Crippen molar-refractivity contribution in [2.75, 3.05) is 17.7 Å². The molecular weight excluding hydrogens is 426 g/mol. The molecule has 0 aliphatic carbocycles. The van der Waals surface area contributed by atoms with E-state index in [2.05, 4.69) is 45.0 Å². The van der Waals surface area contributed by atoms with E-state index in [1.807, 2.05) is 65.3 Å². The standard InChI is InChI=1S/C27H25N5O2/c1-34-24-15-9-8-14-21(24)16-17-25(33)29-26-30-27-28-22(19-10-4-2-5-11-19)18-23(32(27)31-26)20-12-6-3-7-13-20/h2-17,22-23H,18H2,1H3,(H2,28,29,30,31,33)/b17-16+/t22-,23+/m1/s1. The Balaban J connectivity index is 1.40. The highest BCUT2D eigenvalue weighted by Gasteiger charge is 2.31. The van der Waals surface area contributed by atoms with Crippen molar-refractivity contribution in [3.63, 3.8) is 0 Å². The number of benzene rings is 3. The van der Waals surface area contributed by atoms with Gasteiger partial charge in [-0.25, -0.2) is 4.68 Å². The fourth-order valence-corrected chi connectivity index (χ4v) is 4.21. The van der Waals surface area contributed by atoms with Gasteiger partial charge in [-0.1, -0.05) is 78.9 Å². The Morgan fingerprint density at radius 3 is 2.41 bits per heavy atom. The predicted molar refractivity (Wildman–Crippen MR) is 133 cm³/mol. The van der Waals surface area contributed by atoms with Crippen LogP contribution in [0.15, 0.2) is 91.0 Å². The summed E-state index contributed by atoms with van der Waals surface area (Å²) in [6.45, 7) is 0. The highest BCUT2D eigenvalue weighted by atomic mass is 16.5. The van der Waals surface area contributed by atoms with Gasteiger partial charge in [-0.2, -0.15) is 4.98 Å². The smallest absolute Gasteiger partial charge is 0.250 e. The number of carbonyl (C=O) groups is 1. The number of para-hydroxylation sites is 1. The van der Waals surface area contributed by atoms with Crippen LogP contribution in [0.5, 0.6) is 5.75 Å². The average molecular weight is 452 g/mol. The number of anilines is 2. The summed E-state index contributed by atoms with van der Waals surface area (Å²) in [6, 6.07) is 28.1. The van der Waals surface area contributed by atoms with Crippen molar-refractivity contribution in [3.8, 4) is 5.75 Å². The lowest BCUT2D eigenvalue weighted by Crippen LogP contribution is -2.28. The Morgan fingerprint density at radius 2 is 1.68 bits per heavy atom. The van der Waals surface area contributed by atoms with Gasteiger partial charge in [0.15, 0.2) is 0 Å². The SMILES string of the molecule is COc1ccccc1/C=C/C(=O)Nc1nc2n(n1)[C@H](c1ccccc1)C[C@H](c1ccccc1)N2. The zero-order valence-corrected chi connectivity index (χ0v) is 18.8. The summed E-state index contributed by atoms with van der Waals surface area (Å²) in [4.78, 5) is 17.2. The van der Waals surface area contributed by atoms with Crippen LogP contribution in [0.2, 0.25) is 0 Å². The van der Waals surface area contributed by atoms with Crippen molar-refractivity contribution in [1.82, 2.24) is 14.8 Å². The monoisotopic (exact) mass is 451 g/mol. The van der Waals surface area contributed by atoms with Crippen molar-refractivity contribution in [3.05, 3.63) is 108 Å². The number of nitrogens with one attached hydrogen (secondary N) is 2. The zero-order valence-electron chi connectivity index (χ0n) is 18.8. The Bertz CT molecular complexity index is 1300. The van der Waals surface area contributed by atoms with Gasteiger partial charge in [0.05, 0.1) is 19.2 Å². The molecule has 7 nitrogen and oxygen atoms in total. The molecule has 0 bridgehead atoms. The van der Waals surface area contributed by atoms with Crippen LogP contribution < -0.4 is 15.4 Å². The molecule has 0 radical (unpaired) electrons. The predicted octanol–water partition coefficient (Wildman–Crippen LogP) is 5.08. The second-order valence-electron chi connectivity index (χ2n) is 8.04. The number of aromatic nitrogens is 3. The first-order valence-corrected chi connectivity index (χ1v) is 11.2. The molecule has 0 saturated heterocycles. The maximum Gasteiger partial charge on any atom is 0.250 e. The molecule has 5 rings (SSSR count). The molecule has 0 saturated carbocycles. The number of hydrogen-bond acceptors (Lipinski definition) is 5. The first-order valence-electron chi connectivity index (χ1n) is 11.2. The van der Waals surface area contributed by atoms with E-state index in [0.717, 1.165) is 17.5 Å². The Kier molecular flexibility index (Phi) is 6.07. The quantitative estimate of drug-likeness (QED) is 0.399. The molecule has 4 aromatic rings. The molecular formula is C27H25N5O2. The van der Waals surface area contributed by atoms with Crippen LogP contribution in [0.1, 0.15) is 35.2 Å². The second kappa shape index (κ2) is 9.62. The Morgan fingerprint density at radius 1 is 1.00 bits per heavy atom. The second-order valence-corrected chi connectivity index (χ2v) is 8.04. The van der Waals surface area contributed by atoms with Crippen LogP contribution >= 0.6 is 0 Å². The van der Waals surface area contributed by atoms with Crippen molar-refractivity contribution < 1.29 is 9.53 Å². The maximum atomic E-state index is 12.6. The number of carbonyl (C=O) groups excluding carboxylic acids is 1. The van der Waals surface area contributed by atoms with Crippen LogP contribution in [0.25, 0.3) is 6.08 Å². The van der Waals surface area contributed by atoms with Gasteiger partial charge in [0.2, 0.25) is 5.95 Å². The molecule has 34 heavy (non-hydrogen) atoms. The molecule has 0 fully saturated rings. The van der Waals surface area contributed by atoms with Gasteiger partial charge in [-0.15, -0.1) is 5.10 Å². The number of ether oxygens (including phenoxy) is 1. The van der Waals surface area contributed by atoms with Crippen LogP contribution in [0, 0.1) is 0 Å². The average Bonchev–Trinajstić information content (AvgIpc) is 3.30. The summed E-state index contributed by atoms with van der Waals surface area (Å²) in [5.74, 6) is 1.26. The van der Waals surface area contributed by atoms with Crippen molar-refractivity contribution in [2.24, 2.45) is 0 Å². The van der Waals surface area contributed by atoms with Gasteiger partial charge in [-0.3, -0.25) is 10.1 Å². The number of amides is 1. The fourth-order valence-electron chi connectivity index (χ4n) is 4.21. The van der Waals surface area contributed by atoms with Crippen LogP contribution in [0.4, 0.5) is 11.9 Å². The topological polar surface area (TPSA) is 81.1 Å². The first kappa shape index (κ1) is 21.5. The minimum Gasteiger partial charge on any atom is -0.496 e. The first-order chi connectivity index (χ1) is 16.7. The van der Waals surface area contributed by atoms with Gasteiger partial charge in [-0.05, 0) is 29.7 Å². The largest absolute Gasteiger partial charge is 0.496 e. The van der Waals surface area contributed by atoms with Gasteiger partial charge in [0, 0.05) is 11.6 Å². The summed E-state index contributed by atoms with van der Waals surface area (Å²) in [5.41, 5.74) is 3.14. The molecule has 1 aromatic heterocycles. The Hall–Kier alpha value is -4.39. The summed E-state index contributed by atoms with van der Waals surface area (Å²) in [5, 5.41) is 10.9. The third kappa shape index (κ3) is 4.54. The maximum absolute atomic E-state index is 12.6. The minimum absolute atomic E-state index is 0.00932. The highest BCUT2D eigenvalue weighted by molar-refractivity contribution is 6.01. The summed E-state index contributed by atoms with van der Waals surface area (Å²) < 4.78 is 7.19. The number of fused-ring (bicyclic) bond motifs is 1. The lowest BCUT2D eigenvalue weighted by molar-refractivity contribution is -0.111. The van der Waals surface area contributed by atoms with Gasteiger partial charge < -0.3 is 10.1 Å². The van der Waals surface area contributed by atoms with E-state index in [1.54, 1.807) is 13.2 Å². The molecule has 2 atom stereocenters. The van der Waals surface area contributed by atoms with Crippen molar-refractivity contribution >= 4 is 23.9 Å². The van der Waals surface area contributed by atoms with E-state index < -0.39 is 0 Å². The molecule has 3 aromatic carbocycles. The minimum atomic E-state index is -0.315. The van der Waals surface area contributed by atoms with E-state index >= 15 is 0 Å². The molecule has 1 aliphatic rings. The van der Waals surface area contributed by atoms with Crippen molar-refractivity contribution in [2.45, 2.75) is 18.5 Å². The molecule has 2 N–H and O–H groups in total. The summed E-state index contributed by atoms with van der Waals surface area (Å²) in [7, 11) is 1.60. The van der Waals surface area contributed by atoms with Gasteiger partial charge >= 0.3 is 0 Å². The molecule has 2 heterocycles. The fraction of sp³-hybridized carbons (Fsp3) is 0.148. The Labute approximate surface area is 198 Å². The van der Waals surface area contributed by atoms with E-state index in [1.165, 1.54) is 11.6 Å². The van der Waals surface area contributed by atoms with Crippen LogP contribution in [-0.4, -0.2) is 27.8 Å². The molecule has 0 spiro atoms. The third-order valence-corrected chi connectivity index (χ3v) is 5.86. The third-order valence-electron chi connectivity index (χ3n) is 5.86. The molecule has 170 valence electrons. The number of rotatable bonds is 6. The molecule has 1 amide bonds. The van der Waals surface area contributed by atoms with Crippen LogP contribution in [0.3, 0.4) is 0 Å². The lowest BCUT2D eigenvalue weighted by Gasteiger charge is -2.31. The summed E-state index contributed by atoms with van der Waals surface area (Å²) in [6.07, 6.45) is 3.97. The number of methoxy groups -OCH3 is 1. The van der Waals surface area contributed by atoms with Crippen LogP contribution in [-0.2, 0) is 4.79 Å². The van der Waals surface area contributed by atoms with E-state index in [4.69, 9.17) is 4.74 Å². The normalized spacial score (nSPS) is 17.1. The lowest BCUT2D eigenvalue weighted by atomic mass is 9.93. The van der Waals surface area contributed by atoms with E-state index in [-0.39, 0.29) is 23.9 Å².